The largest absolute Gasteiger partial charge is 0.478 e. The summed E-state index contributed by atoms with van der Waals surface area (Å²) in [6, 6.07) is 12.0. The number of carbonyl (C=O) groups is 2. The van der Waals surface area contributed by atoms with Crippen LogP contribution in [0.25, 0.3) is 0 Å². The zero-order valence-corrected chi connectivity index (χ0v) is 19.1. The van der Waals surface area contributed by atoms with Gasteiger partial charge in [0.1, 0.15) is 5.75 Å². The highest BCUT2D eigenvalue weighted by Gasteiger charge is 2.33. The van der Waals surface area contributed by atoms with Crippen molar-refractivity contribution >= 4 is 23.5 Å². The number of hydrogen-bond donors (Lipinski definition) is 1. The van der Waals surface area contributed by atoms with Crippen LogP contribution in [0, 0.1) is 17.3 Å². The molecule has 3 rings (SSSR count). The van der Waals surface area contributed by atoms with Crippen molar-refractivity contribution in [1.82, 2.24) is 4.90 Å². The van der Waals surface area contributed by atoms with Gasteiger partial charge >= 0.3 is 5.97 Å². The number of nitrogens with zero attached hydrogens (tertiary/aromatic N) is 1. The van der Waals surface area contributed by atoms with E-state index in [-0.39, 0.29) is 5.91 Å². The number of aliphatic carboxylic acids is 1. The monoisotopic (exact) mass is 455 g/mol. The number of carbonyl (C=O) groups excluding carboxylic acids is 1. The van der Waals surface area contributed by atoms with Gasteiger partial charge in [-0.25, -0.2) is 4.79 Å². The third kappa shape index (κ3) is 6.03. The van der Waals surface area contributed by atoms with Crippen LogP contribution in [0.3, 0.4) is 0 Å². The maximum atomic E-state index is 12.6. The first kappa shape index (κ1) is 23.6. The first-order chi connectivity index (χ1) is 15.1. The quantitative estimate of drug-likeness (QED) is 0.703. The molecule has 0 aliphatic carbocycles. The Hall–Kier alpha value is -3.01. The topological polar surface area (TPSA) is 76.1 Å². The molecule has 7 heteroatoms. The number of morpholine rings is 1. The van der Waals surface area contributed by atoms with Crippen molar-refractivity contribution in [2.24, 2.45) is 5.41 Å². The van der Waals surface area contributed by atoms with Crippen molar-refractivity contribution in [3.63, 3.8) is 0 Å². The maximum absolute atomic E-state index is 12.6. The minimum Gasteiger partial charge on any atom is -0.478 e. The van der Waals surface area contributed by atoms with Gasteiger partial charge in [0.25, 0.3) is 5.91 Å². The number of rotatable bonds is 4. The smallest absolute Gasteiger partial charge is 0.345 e. The summed E-state index contributed by atoms with van der Waals surface area (Å²) in [5, 5.41) is 10.0. The van der Waals surface area contributed by atoms with Crippen molar-refractivity contribution in [2.75, 3.05) is 26.3 Å². The van der Waals surface area contributed by atoms with Gasteiger partial charge in [0, 0.05) is 34.7 Å². The Bertz CT molecular complexity index is 1040. The van der Waals surface area contributed by atoms with Crippen LogP contribution in [0.1, 0.15) is 42.3 Å². The SMILES string of the molecule is CC(C)(C)C(Oc1ccc(Cl)cc1C#Cc1ccc(C(=O)N2CCOCC2)cc1)C(=O)O. The summed E-state index contributed by atoms with van der Waals surface area (Å²) in [7, 11) is 0. The Morgan fingerprint density at radius 1 is 1.09 bits per heavy atom. The number of ether oxygens (including phenoxy) is 2. The van der Waals surface area contributed by atoms with Crippen LogP contribution in [-0.2, 0) is 9.53 Å². The van der Waals surface area contributed by atoms with E-state index in [0.717, 1.165) is 0 Å². The summed E-state index contributed by atoms with van der Waals surface area (Å²) in [5.74, 6) is 5.32. The third-order valence-electron chi connectivity index (χ3n) is 4.97. The van der Waals surface area contributed by atoms with E-state index in [0.29, 0.717) is 53.8 Å². The molecule has 1 saturated heterocycles. The Kier molecular flexibility index (Phi) is 7.44. The molecule has 1 atom stereocenters. The number of benzene rings is 2. The summed E-state index contributed by atoms with van der Waals surface area (Å²) in [5.41, 5.74) is 1.18. The molecule has 1 N–H and O–H groups in total. The molecule has 0 aromatic heterocycles. The van der Waals surface area contributed by atoms with Gasteiger partial charge < -0.3 is 19.5 Å². The zero-order valence-electron chi connectivity index (χ0n) is 18.4. The molecule has 168 valence electrons. The molecule has 0 spiro atoms. The standard InChI is InChI=1S/C25H26ClNO5/c1-25(2,3)22(24(29)30)32-21-11-10-20(26)16-19(21)9-6-17-4-7-18(8-5-17)23(28)27-12-14-31-15-13-27/h4-5,7-8,10-11,16,22H,12-15H2,1-3H3,(H,29,30). The van der Waals surface area contributed by atoms with Crippen LogP contribution in [0.4, 0.5) is 0 Å². The van der Waals surface area contributed by atoms with E-state index in [1.165, 1.54) is 0 Å². The minimum atomic E-state index is -1.05. The predicted octanol–water partition coefficient (Wildman–Crippen LogP) is 4.09. The lowest BCUT2D eigenvalue weighted by atomic mass is 9.89. The van der Waals surface area contributed by atoms with Gasteiger partial charge in [0.05, 0.1) is 18.8 Å². The van der Waals surface area contributed by atoms with Crippen LogP contribution in [-0.4, -0.2) is 54.3 Å². The Labute approximate surface area is 193 Å². The van der Waals surface area contributed by atoms with Crippen LogP contribution in [0.5, 0.6) is 5.75 Å². The van der Waals surface area contributed by atoms with Crippen LogP contribution in [0.15, 0.2) is 42.5 Å². The Balaban J connectivity index is 1.81. The highest BCUT2D eigenvalue weighted by Crippen LogP contribution is 2.29. The van der Waals surface area contributed by atoms with Gasteiger partial charge in [-0.1, -0.05) is 44.2 Å². The van der Waals surface area contributed by atoms with Crippen molar-refractivity contribution < 1.29 is 24.2 Å². The molecule has 1 aliphatic heterocycles. The lowest BCUT2D eigenvalue weighted by Gasteiger charge is -2.28. The lowest BCUT2D eigenvalue weighted by molar-refractivity contribution is -0.150. The molecule has 0 saturated carbocycles. The zero-order chi connectivity index (χ0) is 23.3. The van der Waals surface area contributed by atoms with Crippen LogP contribution >= 0.6 is 11.6 Å². The van der Waals surface area contributed by atoms with Crippen molar-refractivity contribution in [2.45, 2.75) is 26.9 Å². The van der Waals surface area contributed by atoms with Crippen LogP contribution < -0.4 is 4.74 Å². The molecule has 2 aromatic carbocycles. The lowest BCUT2D eigenvalue weighted by Crippen LogP contribution is -2.40. The summed E-state index contributed by atoms with van der Waals surface area (Å²) in [4.78, 5) is 26.0. The second kappa shape index (κ2) is 10.1. The molecule has 2 aromatic rings. The first-order valence-corrected chi connectivity index (χ1v) is 10.7. The van der Waals surface area contributed by atoms with E-state index < -0.39 is 17.5 Å². The molecule has 0 bridgehead atoms. The van der Waals surface area contributed by atoms with Gasteiger partial charge in [0.2, 0.25) is 0 Å². The van der Waals surface area contributed by atoms with Gasteiger partial charge in [0.15, 0.2) is 6.10 Å². The van der Waals surface area contributed by atoms with E-state index in [1.807, 2.05) is 0 Å². The third-order valence-corrected chi connectivity index (χ3v) is 5.20. The molecule has 1 unspecified atom stereocenters. The fraction of sp³-hybridized carbons (Fsp3) is 0.360. The van der Waals surface area contributed by atoms with Crippen molar-refractivity contribution in [1.29, 1.82) is 0 Å². The van der Waals surface area contributed by atoms with Crippen molar-refractivity contribution in [3.8, 4) is 17.6 Å². The van der Waals surface area contributed by atoms with Gasteiger partial charge in [-0.2, -0.15) is 0 Å². The average molecular weight is 456 g/mol. The van der Waals surface area contributed by atoms with Gasteiger partial charge in [-0.3, -0.25) is 4.79 Å². The molecular formula is C25H26ClNO5. The van der Waals surface area contributed by atoms with Crippen LogP contribution in [0.2, 0.25) is 5.02 Å². The second-order valence-electron chi connectivity index (χ2n) is 8.57. The van der Waals surface area contributed by atoms with Crippen molar-refractivity contribution in [3.05, 3.63) is 64.2 Å². The van der Waals surface area contributed by atoms with E-state index in [1.54, 1.807) is 68.1 Å². The number of amides is 1. The fourth-order valence-electron chi connectivity index (χ4n) is 3.21. The summed E-state index contributed by atoms with van der Waals surface area (Å²) >= 11 is 6.13. The second-order valence-corrected chi connectivity index (χ2v) is 9.01. The molecule has 32 heavy (non-hydrogen) atoms. The summed E-state index contributed by atoms with van der Waals surface area (Å²) in [6.45, 7) is 7.68. The van der Waals surface area contributed by atoms with E-state index >= 15 is 0 Å². The molecule has 0 radical (unpaired) electrons. The molecule has 1 heterocycles. The summed E-state index contributed by atoms with van der Waals surface area (Å²) in [6.07, 6.45) is -1.05. The number of carboxylic acids is 1. The normalized spacial score (nSPS) is 14.8. The average Bonchev–Trinajstić information content (AvgIpc) is 2.76. The predicted molar refractivity (Wildman–Crippen MR) is 122 cm³/mol. The van der Waals surface area contributed by atoms with E-state index in [4.69, 9.17) is 21.1 Å². The highest BCUT2D eigenvalue weighted by molar-refractivity contribution is 6.30. The maximum Gasteiger partial charge on any atom is 0.345 e. The molecule has 6 nitrogen and oxygen atoms in total. The number of carboxylic acid groups (broad SMARTS) is 1. The summed E-state index contributed by atoms with van der Waals surface area (Å²) < 4.78 is 11.1. The Morgan fingerprint density at radius 2 is 1.75 bits per heavy atom. The number of halogens is 1. The number of hydrogen-bond acceptors (Lipinski definition) is 4. The fourth-order valence-corrected chi connectivity index (χ4v) is 3.38. The first-order valence-electron chi connectivity index (χ1n) is 10.3. The molecular weight excluding hydrogens is 430 g/mol. The van der Waals surface area contributed by atoms with E-state index in [2.05, 4.69) is 11.8 Å². The van der Waals surface area contributed by atoms with E-state index in [9.17, 15) is 14.7 Å². The molecule has 1 aliphatic rings. The Morgan fingerprint density at radius 3 is 2.34 bits per heavy atom. The molecule has 1 fully saturated rings. The minimum absolute atomic E-state index is 0.0276. The molecule has 1 amide bonds. The highest BCUT2D eigenvalue weighted by atomic mass is 35.5. The van der Waals surface area contributed by atoms with Gasteiger partial charge in [-0.15, -0.1) is 0 Å². The van der Waals surface area contributed by atoms with Gasteiger partial charge in [-0.05, 0) is 42.5 Å².